The van der Waals surface area contributed by atoms with Gasteiger partial charge in [-0.1, -0.05) is 96.6 Å². The molecular weight excluding hydrogens is 522 g/mol. The molecule has 0 saturated heterocycles. The first-order chi connectivity index (χ1) is 19.6. The average molecular weight is 584 g/mol. The molecule has 0 aliphatic carbocycles. The van der Waals surface area contributed by atoms with E-state index in [1.54, 1.807) is 21.1 Å². The Bertz CT molecular complexity index is 702. The van der Waals surface area contributed by atoms with Crippen molar-refractivity contribution in [3.05, 3.63) is 12.2 Å². The summed E-state index contributed by atoms with van der Waals surface area (Å²) in [7, 11) is 5.37. The molecule has 0 bridgehead atoms. The van der Waals surface area contributed by atoms with Crippen molar-refractivity contribution in [1.82, 2.24) is 0 Å². The number of quaternary nitrogens is 1. The molecule has 0 amide bonds. The summed E-state index contributed by atoms with van der Waals surface area (Å²) >= 11 is 0. The Morgan fingerprint density at radius 1 is 0.707 bits per heavy atom. The first kappa shape index (κ1) is 39.1. The van der Waals surface area contributed by atoms with Crippen LogP contribution in [-0.2, 0) is 28.6 Å². The van der Waals surface area contributed by atoms with Crippen LogP contribution in [0.5, 0.6) is 0 Å². The minimum absolute atomic E-state index is 0.0331. The van der Waals surface area contributed by atoms with E-state index < -0.39 is 18.1 Å². The Morgan fingerprint density at radius 2 is 1.27 bits per heavy atom. The second kappa shape index (κ2) is 25.8. The van der Waals surface area contributed by atoms with Gasteiger partial charge in [0.15, 0.2) is 6.10 Å². The van der Waals surface area contributed by atoms with Crippen molar-refractivity contribution in [2.45, 2.75) is 142 Å². The molecule has 2 atom stereocenters. The quantitative estimate of drug-likeness (QED) is 0.0489. The van der Waals surface area contributed by atoms with E-state index in [1.165, 1.54) is 64.2 Å². The summed E-state index contributed by atoms with van der Waals surface area (Å²) in [6, 6.07) is -0.722. The molecule has 8 heteroatoms. The molecule has 0 N–H and O–H groups in total. The van der Waals surface area contributed by atoms with Gasteiger partial charge in [0.05, 0.1) is 40.3 Å². The smallest absolute Gasteiger partial charge is 0.306 e. The van der Waals surface area contributed by atoms with Crippen LogP contribution in [0.25, 0.3) is 0 Å². The van der Waals surface area contributed by atoms with Crippen LogP contribution >= 0.6 is 0 Å². The summed E-state index contributed by atoms with van der Waals surface area (Å²) in [6.45, 7) is 4.52. The van der Waals surface area contributed by atoms with Gasteiger partial charge in [-0.2, -0.15) is 0 Å². The highest BCUT2D eigenvalue weighted by molar-refractivity contribution is 5.70. The van der Waals surface area contributed by atoms with Crippen molar-refractivity contribution in [2.75, 3.05) is 41.0 Å². The lowest BCUT2D eigenvalue weighted by atomic mass is 10.1. The fraction of sp³-hybridized carbons (Fsp3) is 0.848. The van der Waals surface area contributed by atoms with Gasteiger partial charge in [0.25, 0.3) is 0 Å². The maximum Gasteiger partial charge on any atom is 0.306 e. The molecule has 2 unspecified atom stereocenters. The predicted molar refractivity (Wildman–Crippen MR) is 162 cm³/mol. The third-order valence-electron chi connectivity index (χ3n) is 7.17. The molecule has 0 aromatic rings. The zero-order valence-electron chi connectivity index (χ0n) is 27.0. The molecule has 0 aliphatic heterocycles. The molecule has 41 heavy (non-hydrogen) atoms. The molecule has 0 aliphatic rings. The molecule has 0 spiro atoms. The van der Waals surface area contributed by atoms with Crippen LogP contribution in [0.15, 0.2) is 12.2 Å². The number of esters is 2. The SMILES string of the molecule is CCCCCC/C=C/CCC(=O)OCC(COCCC(C(=O)[O-])[N+](C)(C)C)OC(=O)CCCCCCCCCCC. The highest BCUT2D eigenvalue weighted by atomic mass is 16.6. The van der Waals surface area contributed by atoms with Crippen molar-refractivity contribution < 1.29 is 38.2 Å². The van der Waals surface area contributed by atoms with Crippen molar-refractivity contribution >= 4 is 17.9 Å². The number of ether oxygens (including phenoxy) is 3. The zero-order chi connectivity index (χ0) is 30.8. The topological polar surface area (TPSA) is 102 Å². The number of allylic oxidation sites excluding steroid dienone is 2. The highest BCUT2D eigenvalue weighted by Crippen LogP contribution is 2.12. The van der Waals surface area contributed by atoms with Gasteiger partial charge in [0.2, 0.25) is 0 Å². The Kier molecular flexibility index (Phi) is 24.5. The van der Waals surface area contributed by atoms with Crippen molar-refractivity contribution in [3.8, 4) is 0 Å². The van der Waals surface area contributed by atoms with Gasteiger partial charge in [0, 0.05) is 19.3 Å². The first-order valence-electron chi connectivity index (χ1n) is 16.2. The van der Waals surface area contributed by atoms with Crippen LogP contribution in [0.2, 0.25) is 0 Å². The van der Waals surface area contributed by atoms with Crippen LogP contribution in [0.3, 0.4) is 0 Å². The molecule has 0 heterocycles. The monoisotopic (exact) mass is 583 g/mol. The number of nitrogens with zero attached hydrogens (tertiary/aromatic N) is 1. The lowest BCUT2D eigenvalue weighted by molar-refractivity contribution is -0.889. The average Bonchev–Trinajstić information content (AvgIpc) is 2.91. The van der Waals surface area contributed by atoms with E-state index in [2.05, 4.69) is 19.9 Å². The molecule has 0 radical (unpaired) electrons. The number of aliphatic carboxylic acids is 1. The summed E-state index contributed by atoms with van der Waals surface area (Å²) < 4.78 is 16.9. The Morgan fingerprint density at radius 3 is 1.85 bits per heavy atom. The second-order valence-corrected chi connectivity index (χ2v) is 12.0. The first-order valence-corrected chi connectivity index (χ1v) is 16.2. The number of hydrogen-bond donors (Lipinski definition) is 0. The number of carbonyl (C=O) groups excluding carboxylic acids is 3. The maximum atomic E-state index is 12.5. The zero-order valence-corrected chi connectivity index (χ0v) is 27.0. The molecular formula is C33H61NO7. The molecule has 0 aromatic carbocycles. The predicted octanol–water partition coefficient (Wildman–Crippen LogP) is 5.90. The normalized spacial score (nSPS) is 13.3. The minimum Gasteiger partial charge on any atom is -0.544 e. The van der Waals surface area contributed by atoms with E-state index in [4.69, 9.17) is 14.2 Å². The minimum atomic E-state index is -1.13. The lowest BCUT2D eigenvalue weighted by Gasteiger charge is -2.34. The maximum absolute atomic E-state index is 12.5. The van der Waals surface area contributed by atoms with Crippen molar-refractivity contribution in [2.24, 2.45) is 0 Å². The van der Waals surface area contributed by atoms with Crippen LogP contribution < -0.4 is 5.11 Å². The molecule has 0 saturated carbocycles. The molecule has 0 aromatic heterocycles. The lowest BCUT2D eigenvalue weighted by Crippen LogP contribution is -2.55. The Labute approximate surface area is 250 Å². The number of rotatable bonds is 28. The van der Waals surface area contributed by atoms with Crippen LogP contribution in [0.1, 0.15) is 129 Å². The van der Waals surface area contributed by atoms with E-state index in [1.807, 2.05) is 6.08 Å². The third-order valence-corrected chi connectivity index (χ3v) is 7.17. The van der Waals surface area contributed by atoms with Gasteiger partial charge in [0.1, 0.15) is 12.6 Å². The number of carboxylic acids is 1. The van der Waals surface area contributed by atoms with E-state index in [9.17, 15) is 19.5 Å². The summed E-state index contributed by atoms with van der Waals surface area (Å²) in [5, 5.41) is 11.5. The van der Waals surface area contributed by atoms with E-state index in [0.717, 1.165) is 25.7 Å². The van der Waals surface area contributed by atoms with Crippen LogP contribution in [0.4, 0.5) is 0 Å². The number of hydrogen-bond acceptors (Lipinski definition) is 7. The number of likely N-dealkylation sites (N-methyl/N-ethyl adjacent to an activating group) is 1. The third kappa shape index (κ3) is 24.4. The van der Waals surface area contributed by atoms with Gasteiger partial charge in [-0.3, -0.25) is 9.59 Å². The van der Waals surface area contributed by atoms with Gasteiger partial charge in [-0.05, 0) is 25.7 Å². The molecule has 240 valence electrons. The summed E-state index contributed by atoms with van der Waals surface area (Å²) in [5.74, 6) is -1.81. The van der Waals surface area contributed by atoms with E-state index >= 15 is 0 Å². The van der Waals surface area contributed by atoms with Gasteiger partial charge in [-0.25, -0.2) is 0 Å². The Balaban J connectivity index is 4.55. The number of carbonyl (C=O) groups is 3. The van der Waals surface area contributed by atoms with Crippen LogP contribution in [0, 0.1) is 0 Å². The Hall–Kier alpha value is -1.93. The van der Waals surface area contributed by atoms with Crippen molar-refractivity contribution in [3.63, 3.8) is 0 Å². The highest BCUT2D eigenvalue weighted by Gasteiger charge is 2.25. The second-order valence-electron chi connectivity index (χ2n) is 12.0. The van der Waals surface area contributed by atoms with Crippen LogP contribution in [-0.4, -0.2) is 75.5 Å². The molecule has 8 nitrogen and oxygen atoms in total. The number of carboxylic acid groups (broad SMARTS) is 1. The van der Waals surface area contributed by atoms with Gasteiger partial charge >= 0.3 is 11.9 Å². The summed E-state index contributed by atoms with van der Waals surface area (Å²) in [5.41, 5.74) is 0. The standard InChI is InChI=1S/C33H61NO7/c1-6-8-10-12-14-16-18-20-22-24-32(36)41-29(27-39-26-25-30(33(37)38)34(3,4)5)28-40-31(35)23-21-19-17-15-13-11-9-7-2/h17,19,29-30H,6-16,18,20-28H2,1-5H3/b19-17+. The fourth-order valence-corrected chi connectivity index (χ4v) is 4.56. The van der Waals surface area contributed by atoms with Crippen molar-refractivity contribution in [1.29, 1.82) is 0 Å². The fourth-order valence-electron chi connectivity index (χ4n) is 4.56. The molecule has 0 rings (SSSR count). The number of unbranched alkanes of at least 4 members (excludes halogenated alkanes) is 12. The van der Waals surface area contributed by atoms with E-state index in [0.29, 0.717) is 12.8 Å². The summed E-state index contributed by atoms with van der Waals surface area (Å²) in [4.78, 5) is 36.2. The largest absolute Gasteiger partial charge is 0.544 e. The molecule has 0 fully saturated rings. The summed E-state index contributed by atoms with van der Waals surface area (Å²) in [6.07, 6.45) is 21.2. The van der Waals surface area contributed by atoms with E-state index in [-0.39, 0.29) is 49.1 Å². The van der Waals surface area contributed by atoms with Gasteiger partial charge in [-0.15, -0.1) is 0 Å². The van der Waals surface area contributed by atoms with Gasteiger partial charge < -0.3 is 28.6 Å².